The molecule has 3 amide bonds. The predicted octanol–water partition coefficient (Wildman–Crippen LogP) is 4.27. The maximum absolute atomic E-state index is 14.4. The molecule has 2 aliphatic carbocycles. The van der Waals surface area contributed by atoms with Gasteiger partial charge < -0.3 is 20.3 Å². The van der Waals surface area contributed by atoms with Gasteiger partial charge in [-0.1, -0.05) is 54.5 Å². The molecule has 1 aromatic heterocycles. The number of hydrogen-bond acceptors (Lipinski definition) is 9. The summed E-state index contributed by atoms with van der Waals surface area (Å²) in [4.78, 5) is 48.1. The van der Waals surface area contributed by atoms with Crippen LogP contribution in [0.1, 0.15) is 57.8 Å². The fourth-order valence-corrected chi connectivity index (χ4v) is 8.92. The van der Waals surface area contributed by atoms with Gasteiger partial charge in [0.05, 0.1) is 22.0 Å². The molecule has 11 nitrogen and oxygen atoms in total. The minimum absolute atomic E-state index is 0.0900. The van der Waals surface area contributed by atoms with E-state index < -0.39 is 50.8 Å². The number of benzene rings is 2. The van der Waals surface area contributed by atoms with E-state index in [2.05, 4.69) is 20.3 Å². The van der Waals surface area contributed by atoms with Crippen molar-refractivity contribution in [3.63, 3.8) is 0 Å². The van der Waals surface area contributed by atoms with Gasteiger partial charge in [0.1, 0.15) is 29.5 Å². The number of thiazole rings is 1. The van der Waals surface area contributed by atoms with E-state index in [1.165, 1.54) is 28.4 Å². The molecule has 5 atom stereocenters. The summed E-state index contributed by atoms with van der Waals surface area (Å²) >= 11 is 1.18. The van der Waals surface area contributed by atoms with Gasteiger partial charge in [-0.25, -0.2) is 17.8 Å². The largest absolute Gasteiger partial charge is 0.465 e. The van der Waals surface area contributed by atoms with Crippen molar-refractivity contribution in [3.8, 4) is 5.19 Å². The molecule has 7 rings (SSSR count). The Labute approximate surface area is 282 Å². The summed E-state index contributed by atoms with van der Waals surface area (Å²) in [6.07, 6.45) is 8.49. The van der Waals surface area contributed by atoms with Crippen LogP contribution in [-0.4, -0.2) is 71.5 Å². The zero-order chi connectivity index (χ0) is 33.5. The third kappa shape index (κ3) is 6.91. The summed E-state index contributed by atoms with van der Waals surface area (Å²) in [5.41, 5.74) is -0.0887. The second-order valence-electron chi connectivity index (χ2n) is 13.1. The molecule has 2 saturated carbocycles. The van der Waals surface area contributed by atoms with Crippen LogP contribution < -0.4 is 20.1 Å². The van der Waals surface area contributed by atoms with Crippen LogP contribution in [0.5, 0.6) is 5.19 Å². The average Bonchev–Trinajstić information content (AvgIpc) is 3.95. The van der Waals surface area contributed by atoms with E-state index in [0.29, 0.717) is 34.7 Å². The first-order valence-electron chi connectivity index (χ1n) is 16.5. The van der Waals surface area contributed by atoms with Gasteiger partial charge in [0, 0.05) is 18.0 Å². The molecule has 3 aromatic rings. The summed E-state index contributed by atoms with van der Waals surface area (Å²) in [7, 11) is -3.85. The third-order valence-corrected chi connectivity index (χ3v) is 12.3. The molecule has 4 aliphatic rings. The second-order valence-corrected chi connectivity index (χ2v) is 16.1. The predicted molar refractivity (Wildman–Crippen MR) is 179 cm³/mol. The molecule has 3 N–H and O–H groups in total. The first-order valence-corrected chi connectivity index (χ1v) is 18.9. The maximum Gasteiger partial charge on any atom is 0.274 e. The number of sulfonamides is 1. The molecule has 0 spiro atoms. The summed E-state index contributed by atoms with van der Waals surface area (Å²) in [5, 5.41) is 5.96. The Morgan fingerprint density at radius 2 is 1.90 bits per heavy atom. The van der Waals surface area contributed by atoms with Gasteiger partial charge >= 0.3 is 0 Å². The highest BCUT2D eigenvalue weighted by Gasteiger charge is 2.62. The molecule has 0 bridgehead atoms. The number of allylic oxidation sites excluding steroid dienone is 1. The van der Waals surface area contributed by atoms with Gasteiger partial charge in [-0.05, 0) is 68.9 Å². The number of para-hydroxylation sites is 1. The van der Waals surface area contributed by atoms with Gasteiger partial charge in [0.15, 0.2) is 0 Å². The molecule has 14 heteroatoms. The maximum atomic E-state index is 14.4. The van der Waals surface area contributed by atoms with Gasteiger partial charge in [0.2, 0.25) is 21.8 Å². The zero-order valence-corrected chi connectivity index (χ0v) is 27.9. The molecule has 0 radical (unpaired) electrons. The van der Waals surface area contributed by atoms with Crippen LogP contribution >= 0.6 is 11.3 Å². The van der Waals surface area contributed by atoms with E-state index in [1.807, 2.05) is 42.5 Å². The first kappa shape index (κ1) is 32.5. The SMILES string of the molecule is O=C1N[C@]2(C(=O)NS(=O)(=O)C3CC3)C[C@H]2C=CCCCCC[C@H](Nc2ccccc2)C(=O)N2C[C@H](Oc3nc4ccc(F)cc4s3)C[C@@H]12. The lowest BCUT2D eigenvalue weighted by Gasteiger charge is -2.30. The smallest absolute Gasteiger partial charge is 0.274 e. The van der Waals surface area contributed by atoms with Crippen molar-refractivity contribution in [2.24, 2.45) is 5.92 Å². The molecule has 3 heterocycles. The molecular formula is C34H38FN5O6S2. The topological polar surface area (TPSA) is 147 Å². The Morgan fingerprint density at radius 3 is 2.69 bits per heavy atom. The number of ether oxygens (including phenoxy) is 1. The molecule has 2 aromatic carbocycles. The molecule has 254 valence electrons. The summed E-state index contributed by atoms with van der Waals surface area (Å²) < 4.78 is 48.4. The van der Waals surface area contributed by atoms with E-state index in [-0.39, 0.29) is 37.0 Å². The zero-order valence-electron chi connectivity index (χ0n) is 26.3. The molecule has 3 fully saturated rings. The highest BCUT2D eigenvalue weighted by Crippen LogP contribution is 2.46. The number of carbonyl (C=O) groups is 3. The number of nitrogens with zero attached hydrogens (tertiary/aromatic N) is 2. The van der Waals surface area contributed by atoms with Gasteiger partial charge in [0.25, 0.3) is 11.1 Å². The fourth-order valence-electron chi connectivity index (χ4n) is 6.65. The fraction of sp³-hybridized carbons (Fsp3) is 0.471. The molecular weight excluding hydrogens is 658 g/mol. The lowest BCUT2D eigenvalue weighted by Crippen LogP contribution is -2.57. The average molecular weight is 696 g/mol. The van der Waals surface area contributed by atoms with Crippen LogP contribution in [0.25, 0.3) is 10.2 Å². The monoisotopic (exact) mass is 695 g/mol. The van der Waals surface area contributed by atoms with E-state index in [1.54, 1.807) is 6.07 Å². The van der Waals surface area contributed by atoms with Crippen molar-refractivity contribution in [1.29, 1.82) is 0 Å². The van der Waals surface area contributed by atoms with Crippen LogP contribution in [0.2, 0.25) is 0 Å². The van der Waals surface area contributed by atoms with Crippen molar-refractivity contribution in [2.75, 3.05) is 11.9 Å². The summed E-state index contributed by atoms with van der Waals surface area (Å²) in [5.74, 6) is -2.35. The van der Waals surface area contributed by atoms with Crippen LogP contribution in [-0.2, 0) is 24.4 Å². The number of anilines is 1. The Morgan fingerprint density at radius 1 is 1.08 bits per heavy atom. The molecule has 48 heavy (non-hydrogen) atoms. The van der Waals surface area contributed by atoms with Crippen molar-refractivity contribution in [2.45, 2.75) is 86.8 Å². The number of fused-ring (bicyclic) bond motifs is 3. The number of hydrogen-bond donors (Lipinski definition) is 3. The van der Waals surface area contributed by atoms with Gasteiger partial charge in [-0.15, -0.1) is 0 Å². The lowest BCUT2D eigenvalue weighted by atomic mass is 10.0. The Kier molecular flexibility index (Phi) is 8.88. The molecule has 0 unspecified atom stereocenters. The number of aromatic nitrogens is 1. The van der Waals surface area contributed by atoms with Crippen molar-refractivity contribution in [1.82, 2.24) is 19.9 Å². The van der Waals surface area contributed by atoms with E-state index >= 15 is 0 Å². The normalized spacial score (nSPS) is 28.1. The van der Waals surface area contributed by atoms with Crippen LogP contribution in [0.4, 0.5) is 10.1 Å². The van der Waals surface area contributed by atoms with Crippen LogP contribution in [0, 0.1) is 11.7 Å². The minimum Gasteiger partial charge on any atom is -0.465 e. The van der Waals surface area contributed by atoms with Crippen LogP contribution in [0.3, 0.4) is 0 Å². The van der Waals surface area contributed by atoms with E-state index in [0.717, 1.165) is 31.4 Å². The minimum atomic E-state index is -3.85. The van der Waals surface area contributed by atoms with Crippen LogP contribution in [0.15, 0.2) is 60.7 Å². The Bertz CT molecular complexity index is 1850. The number of halogens is 1. The van der Waals surface area contributed by atoms with Gasteiger partial charge in [-0.3, -0.25) is 19.1 Å². The highest BCUT2D eigenvalue weighted by molar-refractivity contribution is 7.91. The molecule has 1 saturated heterocycles. The number of rotatable bonds is 7. The number of carbonyl (C=O) groups excluding carboxylic acids is 3. The summed E-state index contributed by atoms with van der Waals surface area (Å²) in [6, 6.07) is 12.1. The first-order chi connectivity index (χ1) is 23.1. The number of amides is 3. The van der Waals surface area contributed by atoms with Gasteiger partial charge in [-0.2, -0.15) is 0 Å². The Balaban J connectivity index is 1.18. The number of nitrogens with one attached hydrogen (secondary N) is 3. The quantitative estimate of drug-likeness (QED) is 0.311. The van der Waals surface area contributed by atoms with Crippen molar-refractivity contribution >= 4 is 55.0 Å². The highest BCUT2D eigenvalue weighted by atomic mass is 32.2. The standard InChI is InChI=1S/C34H38FN5O6S2/c35-22-13-16-26-29(17-22)47-33(37-26)46-24-18-28-30(41)38-34(32(43)39-48(44,45)25-14-15-25)19-21(34)9-5-2-1-3-8-12-27(31(42)40(28)20-24)36-23-10-6-4-7-11-23/h4-7,9-11,13,16-17,21,24-25,27-28,36H,1-3,8,12,14-15,18-20H2,(H,38,41)(H,39,43)/t21-,24-,27+,28+,34-/m1/s1. The van der Waals surface area contributed by atoms with E-state index in [9.17, 15) is 27.2 Å². The van der Waals surface area contributed by atoms with Crippen molar-refractivity contribution in [3.05, 3.63) is 66.5 Å². The lowest BCUT2D eigenvalue weighted by molar-refractivity contribution is -0.140. The second kappa shape index (κ2) is 13.1. The molecule has 2 aliphatic heterocycles. The van der Waals surface area contributed by atoms with Crippen molar-refractivity contribution < 1.29 is 31.9 Å². The summed E-state index contributed by atoms with van der Waals surface area (Å²) in [6.45, 7) is 0.0900. The Hall–Kier alpha value is -4.04. The third-order valence-electron chi connectivity index (χ3n) is 9.56. The van der Waals surface area contributed by atoms with E-state index in [4.69, 9.17) is 4.74 Å².